The minimum atomic E-state index is 0.498. The summed E-state index contributed by atoms with van der Waals surface area (Å²) in [5, 5.41) is 3.75. The molecule has 1 fully saturated rings. The highest BCUT2D eigenvalue weighted by Gasteiger charge is 2.28. The Morgan fingerprint density at radius 2 is 1.79 bits per heavy atom. The van der Waals surface area contributed by atoms with Crippen molar-refractivity contribution in [3.63, 3.8) is 0 Å². The lowest BCUT2D eigenvalue weighted by molar-refractivity contribution is 0.207. The SMILES string of the molecule is CCN(CC)C(CNC(C)C1CC1)c1ccccc1. The van der Waals surface area contributed by atoms with E-state index in [1.165, 1.54) is 18.4 Å². The van der Waals surface area contributed by atoms with E-state index in [1.54, 1.807) is 0 Å². The lowest BCUT2D eigenvalue weighted by Gasteiger charge is -2.31. The van der Waals surface area contributed by atoms with Gasteiger partial charge < -0.3 is 5.32 Å². The van der Waals surface area contributed by atoms with E-state index in [2.05, 4.69) is 61.3 Å². The monoisotopic (exact) mass is 260 g/mol. The van der Waals surface area contributed by atoms with E-state index in [4.69, 9.17) is 0 Å². The molecule has 1 aromatic rings. The molecule has 0 radical (unpaired) electrons. The minimum Gasteiger partial charge on any atom is -0.312 e. The minimum absolute atomic E-state index is 0.498. The smallest absolute Gasteiger partial charge is 0.0472 e. The number of nitrogens with one attached hydrogen (secondary N) is 1. The fourth-order valence-electron chi connectivity index (χ4n) is 2.86. The van der Waals surface area contributed by atoms with Gasteiger partial charge in [0, 0.05) is 18.6 Å². The molecule has 1 aliphatic rings. The van der Waals surface area contributed by atoms with Gasteiger partial charge in [0.05, 0.1) is 0 Å². The molecule has 0 heterocycles. The van der Waals surface area contributed by atoms with Crippen LogP contribution in [0.5, 0.6) is 0 Å². The molecule has 106 valence electrons. The zero-order chi connectivity index (χ0) is 13.7. The van der Waals surface area contributed by atoms with E-state index in [0.717, 1.165) is 25.6 Å². The zero-order valence-corrected chi connectivity index (χ0v) is 12.6. The molecule has 2 unspecified atom stereocenters. The quantitative estimate of drug-likeness (QED) is 0.770. The van der Waals surface area contributed by atoms with Gasteiger partial charge in [-0.3, -0.25) is 4.90 Å². The molecule has 0 aliphatic heterocycles. The van der Waals surface area contributed by atoms with E-state index >= 15 is 0 Å². The second kappa shape index (κ2) is 7.06. The number of hydrogen-bond donors (Lipinski definition) is 1. The number of hydrogen-bond acceptors (Lipinski definition) is 2. The number of rotatable bonds is 8. The number of nitrogens with zero attached hydrogens (tertiary/aromatic N) is 1. The first kappa shape index (κ1) is 14.5. The molecule has 0 bridgehead atoms. The molecule has 2 atom stereocenters. The second-order valence-corrected chi connectivity index (χ2v) is 5.68. The van der Waals surface area contributed by atoms with Crippen LogP contribution in [0.15, 0.2) is 30.3 Å². The predicted octanol–water partition coefficient (Wildman–Crippen LogP) is 3.46. The van der Waals surface area contributed by atoms with Crippen LogP contribution < -0.4 is 5.32 Å². The highest BCUT2D eigenvalue weighted by atomic mass is 15.2. The van der Waals surface area contributed by atoms with Gasteiger partial charge in [0.2, 0.25) is 0 Å². The maximum atomic E-state index is 3.75. The maximum Gasteiger partial charge on any atom is 0.0472 e. The molecular formula is C17H28N2. The van der Waals surface area contributed by atoms with Crippen LogP contribution in [0.2, 0.25) is 0 Å². The molecule has 1 N–H and O–H groups in total. The van der Waals surface area contributed by atoms with Gasteiger partial charge in [-0.1, -0.05) is 44.2 Å². The first-order valence-electron chi connectivity index (χ1n) is 7.78. The summed E-state index contributed by atoms with van der Waals surface area (Å²) in [5.41, 5.74) is 1.43. The first-order chi connectivity index (χ1) is 9.26. The fourth-order valence-corrected chi connectivity index (χ4v) is 2.86. The van der Waals surface area contributed by atoms with Crippen LogP contribution in [-0.4, -0.2) is 30.6 Å². The highest BCUT2D eigenvalue weighted by Crippen LogP contribution is 2.32. The van der Waals surface area contributed by atoms with Gasteiger partial charge in [-0.2, -0.15) is 0 Å². The summed E-state index contributed by atoms with van der Waals surface area (Å²) in [6.45, 7) is 10.1. The maximum absolute atomic E-state index is 3.75. The van der Waals surface area contributed by atoms with Crippen molar-refractivity contribution in [3.05, 3.63) is 35.9 Å². The fraction of sp³-hybridized carbons (Fsp3) is 0.647. The van der Waals surface area contributed by atoms with Gasteiger partial charge in [0.15, 0.2) is 0 Å². The molecule has 0 aromatic heterocycles. The van der Waals surface area contributed by atoms with Crippen LogP contribution in [0.25, 0.3) is 0 Å². The van der Waals surface area contributed by atoms with Crippen molar-refractivity contribution in [2.75, 3.05) is 19.6 Å². The van der Waals surface area contributed by atoms with Crippen LogP contribution >= 0.6 is 0 Å². The Morgan fingerprint density at radius 1 is 1.16 bits per heavy atom. The van der Waals surface area contributed by atoms with Gasteiger partial charge in [0.1, 0.15) is 0 Å². The van der Waals surface area contributed by atoms with E-state index in [1.807, 2.05) is 0 Å². The molecule has 1 saturated carbocycles. The van der Waals surface area contributed by atoms with Gasteiger partial charge >= 0.3 is 0 Å². The molecule has 2 heteroatoms. The Balaban J connectivity index is 2.00. The third-order valence-corrected chi connectivity index (χ3v) is 4.40. The summed E-state index contributed by atoms with van der Waals surface area (Å²) >= 11 is 0. The molecule has 19 heavy (non-hydrogen) atoms. The Labute approximate surface area is 118 Å². The van der Waals surface area contributed by atoms with Crippen LogP contribution in [0.1, 0.15) is 45.2 Å². The van der Waals surface area contributed by atoms with Gasteiger partial charge in [-0.25, -0.2) is 0 Å². The Hall–Kier alpha value is -0.860. The van der Waals surface area contributed by atoms with E-state index < -0.39 is 0 Å². The largest absolute Gasteiger partial charge is 0.312 e. The lowest BCUT2D eigenvalue weighted by Crippen LogP contribution is -2.39. The van der Waals surface area contributed by atoms with Crippen molar-refractivity contribution in [3.8, 4) is 0 Å². The summed E-state index contributed by atoms with van der Waals surface area (Å²) < 4.78 is 0. The zero-order valence-electron chi connectivity index (χ0n) is 12.6. The van der Waals surface area contributed by atoms with Crippen molar-refractivity contribution in [2.45, 2.75) is 45.7 Å². The summed E-state index contributed by atoms with van der Waals surface area (Å²) in [6.07, 6.45) is 2.82. The molecule has 0 amide bonds. The third kappa shape index (κ3) is 4.05. The van der Waals surface area contributed by atoms with Crippen LogP contribution in [0, 0.1) is 5.92 Å². The summed E-state index contributed by atoms with van der Waals surface area (Å²) in [7, 11) is 0. The van der Waals surface area contributed by atoms with E-state index in [9.17, 15) is 0 Å². The van der Waals surface area contributed by atoms with E-state index in [0.29, 0.717) is 12.1 Å². The summed E-state index contributed by atoms with van der Waals surface area (Å²) in [6, 6.07) is 12.1. The van der Waals surface area contributed by atoms with Gasteiger partial charge in [-0.05, 0) is 44.3 Å². The van der Waals surface area contributed by atoms with Gasteiger partial charge in [-0.15, -0.1) is 0 Å². The average Bonchev–Trinajstić information content (AvgIpc) is 3.28. The number of likely N-dealkylation sites (N-methyl/N-ethyl adjacent to an activating group) is 1. The highest BCUT2D eigenvalue weighted by molar-refractivity contribution is 5.19. The average molecular weight is 260 g/mol. The molecule has 0 saturated heterocycles. The van der Waals surface area contributed by atoms with Crippen LogP contribution in [0.3, 0.4) is 0 Å². The number of benzene rings is 1. The normalized spacial score (nSPS) is 18.5. The molecule has 0 spiro atoms. The van der Waals surface area contributed by atoms with Gasteiger partial charge in [0.25, 0.3) is 0 Å². The summed E-state index contributed by atoms with van der Waals surface area (Å²) in [5.74, 6) is 0.924. The molecular weight excluding hydrogens is 232 g/mol. The van der Waals surface area contributed by atoms with Crippen LogP contribution in [-0.2, 0) is 0 Å². The molecule has 1 aromatic carbocycles. The standard InChI is InChI=1S/C17H28N2/c1-4-19(5-2)17(16-9-7-6-8-10-16)13-18-14(3)15-11-12-15/h6-10,14-15,17-18H,4-5,11-13H2,1-3H3. The van der Waals surface area contributed by atoms with E-state index in [-0.39, 0.29) is 0 Å². The summed E-state index contributed by atoms with van der Waals surface area (Å²) in [4.78, 5) is 2.54. The lowest BCUT2D eigenvalue weighted by atomic mass is 10.0. The van der Waals surface area contributed by atoms with Crippen molar-refractivity contribution >= 4 is 0 Å². The van der Waals surface area contributed by atoms with Crippen molar-refractivity contribution in [2.24, 2.45) is 5.92 Å². The van der Waals surface area contributed by atoms with Crippen LogP contribution in [0.4, 0.5) is 0 Å². The second-order valence-electron chi connectivity index (χ2n) is 5.68. The third-order valence-electron chi connectivity index (χ3n) is 4.40. The topological polar surface area (TPSA) is 15.3 Å². The molecule has 1 aliphatic carbocycles. The molecule has 2 nitrogen and oxygen atoms in total. The Bertz CT molecular complexity index is 355. The van der Waals surface area contributed by atoms with Crippen molar-refractivity contribution in [1.82, 2.24) is 10.2 Å². The van der Waals surface area contributed by atoms with Crippen molar-refractivity contribution < 1.29 is 0 Å². The Kier molecular flexibility index (Phi) is 5.41. The predicted molar refractivity (Wildman–Crippen MR) is 82.3 cm³/mol. The molecule has 2 rings (SSSR count). The first-order valence-corrected chi connectivity index (χ1v) is 7.78. The van der Waals surface area contributed by atoms with Crippen molar-refractivity contribution in [1.29, 1.82) is 0 Å². The Morgan fingerprint density at radius 3 is 2.32 bits per heavy atom.